The minimum Gasteiger partial charge on any atom is -0.473 e. The summed E-state index contributed by atoms with van der Waals surface area (Å²) in [6, 6.07) is 0. The average molecular weight is 202 g/mol. The van der Waals surface area contributed by atoms with E-state index in [0.717, 1.165) is 0 Å². The van der Waals surface area contributed by atoms with Crippen LogP contribution in [0.2, 0.25) is 0 Å². The van der Waals surface area contributed by atoms with Gasteiger partial charge in [-0.2, -0.15) is 0 Å². The second-order valence-corrected chi connectivity index (χ2v) is 3.56. The van der Waals surface area contributed by atoms with Gasteiger partial charge in [-0.1, -0.05) is 26.0 Å². The standard InChI is InChI=1S/C6H10O.C5H12O2/c1-3-5-7-6-4-2;1-5(2,3-6)4-7/h3-6H,1-2H3;6-7H,3-4H2,1-2H3/b5-3-,6-4-;. The van der Waals surface area contributed by atoms with E-state index in [2.05, 4.69) is 0 Å². The molecule has 0 saturated carbocycles. The van der Waals surface area contributed by atoms with Gasteiger partial charge < -0.3 is 14.9 Å². The zero-order valence-electron chi connectivity index (χ0n) is 9.53. The Hall–Kier alpha value is -0.800. The topological polar surface area (TPSA) is 49.7 Å². The second-order valence-electron chi connectivity index (χ2n) is 3.56. The summed E-state index contributed by atoms with van der Waals surface area (Å²) in [4.78, 5) is 0. The van der Waals surface area contributed by atoms with Crippen LogP contribution in [0.3, 0.4) is 0 Å². The highest BCUT2D eigenvalue weighted by molar-refractivity contribution is 4.73. The number of hydrogen-bond acceptors (Lipinski definition) is 3. The van der Waals surface area contributed by atoms with Gasteiger partial charge >= 0.3 is 0 Å². The Morgan fingerprint density at radius 3 is 1.50 bits per heavy atom. The van der Waals surface area contributed by atoms with Crippen molar-refractivity contribution in [2.45, 2.75) is 27.7 Å². The van der Waals surface area contributed by atoms with Crippen LogP contribution in [0.25, 0.3) is 0 Å². The SMILES string of the molecule is C/C=C\O/C=C\C.CC(C)(CO)CO. The van der Waals surface area contributed by atoms with Gasteiger partial charge in [-0.3, -0.25) is 0 Å². The lowest BCUT2D eigenvalue weighted by Gasteiger charge is -2.16. The molecule has 0 spiro atoms. The summed E-state index contributed by atoms with van der Waals surface area (Å²) in [6.07, 6.45) is 6.92. The molecule has 2 N–H and O–H groups in total. The van der Waals surface area contributed by atoms with Crippen molar-refractivity contribution in [2.75, 3.05) is 13.2 Å². The molecule has 84 valence electrons. The third-order valence-electron chi connectivity index (χ3n) is 1.29. The lowest BCUT2D eigenvalue weighted by atomic mass is 9.97. The Labute approximate surface area is 86.7 Å². The fourth-order valence-corrected chi connectivity index (χ4v) is 0.252. The minimum absolute atomic E-state index is 0.0451. The van der Waals surface area contributed by atoms with Crippen LogP contribution in [-0.2, 0) is 4.74 Å². The molecular formula is C11H22O3. The predicted molar refractivity (Wildman–Crippen MR) is 58.7 cm³/mol. The minimum atomic E-state index is -0.306. The molecule has 0 aromatic carbocycles. The van der Waals surface area contributed by atoms with E-state index in [-0.39, 0.29) is 18.6 Å². The molecule has 3 heteroatoms. The Bertz CT molecular complexity index is 144. The van der Waals surface area contributed by atoms with E-state index in [4.69, 9.17) is 14.9 Å². The average Bonchev–Trinajstić information content (AvgIpc) is 2.20. The van der Waals surface area contributed by atoms with E-state index in [1.807, 2.05) is 26.0 Å². The molecule has 0 radical (unpaired) electrons. The lowest BCUT2D eigenvalue weighted by Crippen LogP contribution is -2.20. The first kappa shape index (κ1) is 15.7. The largest absolute Gasteiger partial charge is 0.473 e. The molecule has 0 fully saturated rings. The second kappa shape index (κ2) is 10.3. The van der Waals surface area contributed by atoms with Gasteiger partial charge in [-0.05, 0) is 13.8 Å². The Morgan fingerprint density at radius 1 is 1.00 bits per heavy atom. The maximum absolute atomic E-state index is 8.43. The molecule has 3 nitrogen and oxygen atoms in total. The quantitative estimate of drug-likeness (QED) is 0.686. The van der Waals surface area contributed by atoms with Crippen molar-refractivity contribution in [1.82, 2.24) is 0 Å². The summed E-state index contributed by atoms with van der Waals surface area (Å²) in [6.45, 7) is 7.50. The first-order valence-electron chi connectivity index (χ1n) is 4.63. The molecule has 0 aromatic heterocycles. The summed E-state index contributed by atoms with van der Waals surface area (Å²) in [5.41, 5.74) is -0.306. The lowest BCUT2D eigenvalue weighted by molar-refractivity contribution is 0.0857. The molecule has 0 bridgehead atoms. The van der Waals surface area contributed by atoms with E-state index in [0.29, 0.717) is 0 Å². The van der Waals surface area contributed by atoms with Crippen molar-refractivity contribution in [3.63, 3.8) is 0 Å². The van der Waals surface area contributed by atoms with Gasteiger partial charge in [-0.25, -0.2) is 0 Å². The van der Waals surface area contributed by atoms with Crippen molar-refractivity contribution in [2.24, 2.45) is 5.41 Å². The van der Waals surface area contributed by atoms with Crippen molar-refractivity contribution in [3.05, 3.63) is 24.7 Å². The molecule has 0 saturated heterocycles. The molecule has 14 heavy (non-hydrogen) atoms. The van der Waals surface area contributed by atoms with Crippen LogP contribution in [-0.4, -0.2) is 23.4 Å². The van der Waals surface area contributed by atoms with Gasteiger partial charge in [0.25, 0.3) is 0 Å². The number of hydrogen-bond donors (Lipinski definition) is 2. The fourth-order valence-electron chi connectivity index (χ4n) is 0.252. The van der Waals surface area contributed by atoms with Gasteiger partial charge in [0.15, 0.2) is 0 Å². The number of allylic oxidation sites excluding steroid dienone is 2. The van der Waals surface area contributed by atoms with Gasteiger partial charge in [0, 0.05) is 5.41 Å². The Balaban J connectivity index is 0. The number of rotatable bonds is 4. The van der Waals surface area contributed by atoms with E-state index in [9.17, 15) is 0 Å². The van der Waals surface area contributed by atoms with Gasteiger partial charge in [0.1, 0.15) is 0 Å². The van der Waals surface area contributed by atoms with Crippen LogP contribution < -0.4 is 0 Å². The van der Waals surface area contributed by atoms with E-state index in [1.54, 1.807) is 26.4 Å². The molecule has 0 amide bonds. The van der Waals surface area contributed by atoms with Gasteiger partial charge in [0.05, 0.1) is 25.7 Å². The molecule has 0 aromatic rings. The van der Waals surface area contributed by atoms with E-state index in [1.165, 1.54) is 0 Å². The van der Waals surface area contributed by atoms with Crippen molar-refractivity contribution in [1.29, 1.82) is 0 Å². The highest BCUT2D eigenvalue weighted by atomic mass is 16.5. The molecule has 0 unspecified atom stereocenters. The number of aliphatic hydroxyl groups is 2. The predicted octanol–water partition coefficient (Wildman–Crippen LogP) is 2.07. The normalized spacial score (nSPS) is 11.6. The first-order chi connectivity index (χ1) is 6.54. The maximum Gasteiger partial charge on any atom is 0.0858 e. The number of aliphatic hydroxyl groups excluding tert-OH is 2. The summed E-state index contributed by atoms with van der Waals surface area (Å²) < 4.78 is 4.77. The van der Waals surface area contributed by atoms with Crippen LogP contribution >= 0.6 is 0 Å². The zero-order chi connectivity index (χ0) is 11.4. The van der Waals surface area contributed by atoms with Crippen LogP contribution in [0.5, 0.6) is 0 Å². The molecule has 0 atom stereocenters. The molecular weight excluding hydrogens is 180 g/mol. The van der Waals surface area contributed by atoms with Gasteiger partial charge in [0.2, 0.25) is 0 Å². The molecule has 0 heterocycles. The van der Waals surface area contributed by atoms with Crippen molar-refractivity contribution in [3.8, 4) is 0 Å². The van der Waals surface area contributed by atoms with E-state index < -0.39 is 0 Å². The van der Waals surface area contributed by atoms with Crippen LogP contribution in [0.1, 0.15) is 27.7 Å². The first-order valence-corrected chi connectivity index (χ1v) is 4.63. The summed E-state index contributed by atoms with van der Waals surface area (Å²) in [5, 5.41) is 16.9. The van der Waals surface area contributed by atoms with Crippen molar-refractivity contribution >= 4 is 0 Å². The molecule has 0 aliphatic rings. The Kier molecular flexibility index (Phi) is 11.5. The van der Waals surface area contributed by atoms with Crippen LogP contribution in [0, 0.1) is 5.41 Å². The third-order valence-corrected chi connectivity index (χ3v) is 1.29. The van der Waals surface area contributed by atoms with Gasteiger partial charge in [-0.15, -0.1) is 0 Å². The third kappa shape index (κ3) is 13.8. The summed E-state index contributed by atoms with van der Waals surface area (Å²) >= 11 is 0. The fraction of sp³-hybridized carbons (Fsp3) is 0.636. The van der Waals surface area contributed by atoms with E-state index >= 15 is 0 Å². The molecule has 0 rings (SSSR count). The van der Waals surface area contributed by atoms with Crippen LogP contribution in [0.4, 0.5) is 0 Å². The summed E-state index contributed by atoms with van der Waals surface area (Å²) in [5.74, 6) is 0. The summed E-state index contributed by atoms with van der Waals surface area (Å²) in [7, 11) is 0. The smallest absolute Gasteiger partial charge is 0.0858 e. The highest BCUT2D eigenvalue weighted by Crippen LogP contribution is 2.10. The van der Waals surface area contributed by atoms with Crippen LogP contribution in [0.15, 0.2) is 24.7 Å². The number of ether oxygens (including phenoxy) is 1. The zero-order valence-corrected chi connectivity index (χ0v) is 9.53. The van der Waals surface area contributed by atoms with Crippen molar-refractivity contribution < 1.29 is 14.9 Å². The molecule has 0 aliphatic heterocycles. The molecule has 0 aliphatic carbocycles. The Morgan fingerprint density at radius 2 is 1.36 bits per heavy atom. The highest BCUT2D eigenvalue weighted by Gasteiger charge is 2.13. The maximum atomic E-state index is 8.43. The monoisotopic (exact) mass is 202 g/mol.